The Morgan fingerprint density at radius 2 is 2.40 bits per heavy atom. The Morgan fingerprint density at radius 1 is 1.70 bits per heavy atom. The lowest BCUT2D eigenvalue weighted by molar-refractivity contribution is 0.477. The maximum absolute atomic E-state index is 10.2. The molecule has 0 radical (unpaired) electrons. The van der Waals surface area contributed by atoms with E-state index in [-0.39, 0.29) is 11.6 Å². The van der Waals surface area contributed by atoms with Gasteiger partial charge in [0, 0.05) is 6.92 Å². The van der Waals surface area contributed by atoms with E-state index in [2.05, 4.69) is 10.2 Å². The smallest absolute Gasteiger partial charge is 0.231 e. The van der Waals surface area contributed by atoms with Gasteiger partial charge in [-0.05, 0) is 0 Å². The molecule has 1 atom stereocenters. The molecule has 1 aromatic heterocycles. The van der Waals surface area contributed by atoms with E-state index in [0.29, 0.717) is 5.89 Å². The van der Waals surface area contributed by atoms with E-state index in [1.807, 2.05) is 0 Å². The van der Waals surface area contributed by atoms with Crippen LogP contribution < -0.4 is 0 Å². The molecule has 5 nitrogen and oxygen atoms in total. The van der Waals surface area contributed by atoms with Crippen LogP contribution in [0.15, 0.2) is 4.42 Å². The van der Waals surface area contributed by atoms with Gasteiger partial charge in [0.1, 0.15) is 5.75 Å². The summed E-state index contributed by atoms with van der Waals surface area (Å²) in [5.41, 5.74) is 0. The van der Waals surface area contributed by atoms with Crippen LogP contribution in [0, 0.1) is 6.92 Å². The lowest BCUT2D eigenvalue weighted by Crippen LogP contribution is -1.92. The Morgan fingerprint density at radius 3 is 2.80 bits per heavy atom. The van der Waals surface area contributed by atoms with E-state index in [1.165, 1.54) is 0 Å². The number of aromatic nitrogens is 2. The summed E-state index contributed by atoms with van der Waals surface area (Å²) in [4.78, 5) is 0. The van der Waals surface area contributed by atoms with E-state index in [4.69, 9.17) is 8.97 Å². The minimum absolute atomic E-state index is 0.0964. The summed E-state index contributed by atoms with van der Waals surface area (Å²) in [5, 5.41) is 6.99. The normalized spacial score (nSPS) is 13.4. The average molecular weight is 162 g/mol. The summed E-state index contributed by atoms with van der Waals surface area (Å²) >= 11 is -1.90. The van der Waals surface area contributed by atoms with Crippen molar-refractivity contribution in [3.63, 3.8) is 0 Å². The molecule has 0 bridgehead atoms. The number of hydrogen-bond donors (Lipinski definition) is 1. The molecule has 0 fully saturated rings. The first-order chi connectivity index (χ1) is 4.68. The highest BCUT2D eigenvalue weighted by Crippen LogP contribution is 1.99. The molecule has 1 aromatic rings. The van der Waals surface area contributed by atoms with Crippen molar-refractivity contribution in [2.75, 3.05) is 0 Å². The van der Waals surface area contributed by atoms with Crippen molar-refractivity contribution in [2.45, 2.75) is 12.7 Å². The van der Waals surface area contributed by atoms with Gasteiger partial charge in [0.25, 0.3) is 0 Å². The third kappa shape index (κ3) is 1.89. The van der Waals surface area contributed by atoms with E-state index < -0.39 is 11.1 Å². The molecule has 10 heavy (non-hydrogen) atoms. The van der Waals surface area contributed by atoms with Crippen molar-refractivity contribution in [2.24, 2.45) is 0 Å². The molecular formula is C4H6N2O3S. The minimum atomic E-state index is -1.90. The molecule has 1 heterocycles. The van der Waals surface area contributed by atoms with Gasteiger partial charge in [0.05, 0.1) is 0 Å². The fraction of sp³-hybridized carbons (Fsp3) is 0.500. The van der Waals surface area contributed by atoms with Crippen LogP contribution in [-0.4, -0.2) is 19.0 Å². The van der Waals surface area contributed by atoms with Gasteiger partial charge >= 0.3 is 0 Å². The fourth-order valence-corrected chi connectivity index (χ4v) is 0.829. The highest BCUT2D eigenvalue weighted by Gasteiger charge is 2.04. The topological polar surface area (TPSA) is 76.2 Å². The molecule has 0 spiro atoms. The quantitative estimate of drug-likeness (QED) is 0.624. The third-order valence-electron chi connectivity index (χ3n) is 0.815. The molecule has 1 unspecified atom stereocenters. The monoisotopic (exact) mass is 162 g/mol. The van der Waals surface area contributed by atoms with Gasteiger partial charge in [-0.25, -0.2) is 4.21 Å². The van der Waals surface area contributed by atoms with Crippen LogP contribution >= 0.6 is 0 Å². The molecule has 56 valence electrons. The number of nitrogens with zero attached hydrogens (tertiary/aromatic N) is 2. The van der Waals surface area contributed by atoms with Gasteiger partial charge < -0.3 is 8.97 Å². The Labute approximate surface area is 59.7 Å². The zero-order valence-corrected chi connectivity index (χ0v) is 6.09. The summed E-state index contributed by atoms with van der Waals surface area (Å²) < 4.78 is 23.3. The lowest BCUT2D eigenvalue weighted by atomic mass is 10.8. The zero-order valence-electron chi connectivity index (χ0n) is 5.27. The maximum atomic E-state index is 10.2. The van der Waals surface area contributed by atoms with Gasteiger partial charge in [-0.3, -0.25) is 0 Å². The molecule has 0 aliphatic carbocycles. The van der Waals surface area contributed by atoms with Gasteiger partial charge in [-0.15, -0.1) is 10.2 Å². The Kier molecular flexibility index (Phi) is 2.13. The zero-order chi connectivity index (χ0) is 7.56. The van der Waals surface area contributed by atoms with Crippen LogP contribution in [0.5, 0.6) is 0 Å². The van der Waals surface area contributed by atoms with Crippen molar-refractivity contribution >= 4 is 11.1 Å². The van der Waals surface area contributed by atoms with Crippen molar-refractivity contribution in [1.29, 1.82) is 0 Å². The first kappa shape index (κ1) is 7.36. The van der Waals surface area contributed by atoms with Crippen molar-refractivity contribution < 1.29 is 13.2 Å². The van der Waals surface area contributed by atoms with Crippen molar-refractivity contribution in [3.8, 4) is 0 Å². The van der Waals surface area contributed by atoms with Crippen LogP contribution in [0.2, 0.25) is 0 Å². The molecule has 0 saturated carbocycles. The SMILES string of the molecule is Cc1nnc(CS(=O)O)o1. The van der Waals surface area contributed by atoms with Gasteiger partial charge in [0.15, 0.2) is 11.1 Å². The Hall–Kier alpha value is -0.750. The summed E-state index contributed by atoms with van der Waals surface area (Å²) in [6.07, 6.45) is 0. The molecule has 0 aliphatic heterocycles. The van der Waals surface area contributed by atoms with Gasteiger partial charge in [-0.1, -0.05) is 0 Å². The lowest BCUT2D eigenvalue weighted by Gasteiger charge is -1.84. The van der Waals surface area contributed by atoms with E-state index in [9.17, 15) is 4.21 Å². The molecule has 1 N–H and O–H groups in total. The van der Waals surface area contributed by atoms with Crippen LogP contribution in [0.4, 0.5) is 0 Å². The molecule has 0 aromatic carbocycles. The maximum Gasteiger partial charge on any atom is 0.231 e. The minimum Gasteiger partial charge on any atom is -0.424 e. The number of hydrogen-bond acceptors (Lipinski definition) is 4. The first-order valence-electron chi connectivity index (χ1n) is 2.55. The summed E-state index contributed by atoms with van der Waals surface area (Å²) in [6.45, 7) is 1.62. The summed E-state index contributed by atoms with van der Waals surface area (Å²) in [6, 6.07) is 0. The summed E-state index contributed by atoms with van der Waals surface area (Å²) in [5.74, 6) is 0.500. The largest absolute Gasteiger partial charge is 0.424 e. The molecule has 6 heteroatoms. The van der Waals surface area contributed by atoms with Crippen LogP contribution in [0.25, 0.3) is 0 Å². The molecule has 0 amide bonds. The van der Waals surface area contributed by atoms with Crippen molar-refractivity contribution in [1.82, 2.24) is 10.2 Å². The molecular weight excluding hydrogens is 156 g/mol. The van der Waals surface area contributed by atoms with E-state index in [1.54, 1.807) is 6.92 Å². The van der Waals surface area contributed by atoms with Crippen LogP contribution in [0.3, 0.4) is 0 Å². The second-order valence-corrected chi connectivity index (χ2v) is 2.61. The van der Waals surface area contributed by atoms with Gasteiger partial charge in [0.2, 0.25) is 11.8 Å². The molecule has 0 aliphatic rings. The number of aryl methyl sites for hydroxylation is 1. The molecule has 1 rings (SSSR count). The van der Waals surface area contributed by atoms with Crippen LogP contribution in [0.1, 0.15) is 11.8 Å². The van der Waals surface area contributed by atoms with E-state index >= 15 is 0 Å². The van der Waals surface area contributed by atoms with Crippen LogP contribution in [-0.2, 0) is 16.8 Å². The predicted octanol–water partition coefficient (Wildman–Crippen LogP) is 0.0997. The number of rotatable bonds is 2. The third-order valence-corrected chi connectivity index (χ3v) is 1.31. The second-order valence-electron chi connectivity index (χ2n) is 1.68. The van der Waals surface area contributed by atoms with Crippen molar-refractivity contribution in [3.05, 3.63) is 11.8 Å². The fourth-order valence-electron chi connectivity index (χ4n) is 0.501. The Bertz CT molecular complexity index is 246. The standard InChI is InChI=1S/C4H6N2O3S/c1-3-5-6-4(9-3)2-10(7)8/h2H2,1H3,(H,7,8). The highest BCUT2D eigenvalue weighted by molar-refractivity contribution is 7.78. The van der Waals surface area contributed by atoms with Gasteiger partial charge in [-0.2, -0.15) is 0 Å². The Balaban J connectivity index is 2.67. The second kappa shape index (κ2) is 2.89. The molecule has 0 saturated heterocycles. The first-order valence-corrected chi connectivity index (χ1v) is 3.82. The average Bonchev–Trinajstić information content (AvgIpc) is 2.13. The summed E-state index contributed by atoms with van der Waals surface area (Å²) in [7, 11) is 0. The predicted molar refractivity (Wildman–Crippen MR) is 33.5 cm³/mol. The highest BCUT2D eigenvalue weighted by atomic mass is 32.2. The van der Waals surface area contributed by atoms with E-state index in [0.717, 1.165) is 0 Å².